The molecule has 1 aromatic rings. The van der Waals surface area contributed by atoms with E-state index in [9.17, 15) is 4.39 Å². The summed E-state index contributed by atoms with van der Waals surface area (Å²) in [6.45, 7) is 0. The van der Waals surface area contributed by atoms with Crippen LogP contribution in [0.4, 0.5) is 4.39 Å². The van der Waals surface area contributed by atoms with E-state index in [-0.39, 0.29) is 11.9 Å². The van der Waals surface area contributed by atoms with E-state index in [0.717, 1.165) is 18.4 Å². The molecule has 14 heavy (non-hydrogen) atoms. The van der Waals surface area contributed by atoms with Gasteiger partial charge in [0.05, 0.1) is 0 Å². The third kappa shape index (κ3) is 1.77. The Morgan fingerprint density at radius 3 is 2.71 bits per heavy atom. The second-order valence-corrected chi connectivity index (χ2v) is 4.29. The summed E-state index contributed by atoms with van der Waals surface area (Å²) in [4.78, 5) is 0. The third-order valence-corrected chi connectivity index (χ3v) is 3.32. The topological polar surface area (TPSA) is 26.0 Å². The lowest BCUT2D eigenvalue weighted by Gasteiger charge is -2.31. The van der Waals surface area contributed by atoms with E-state index in [4.69, 9.17) is 17.3 Å². The minimum absolute atomic E-state index is 0.105. The molecule has 0 radical (unpaired) electrons. The molecule has 0 aliphatic heterocycles. The molecule has 0 bridgehead atoms. The van der Waals surface area contributed by atoms with Gasteiger partial charge in [0.1, 0.15) is 5.82 Å². The molecule has 0 saturated heterocycles. The van der Waals surface area contributed by atoms with Crippen molar-refractivity contribution >= 4 is 11.6 Å². The summed E-state index contributed by atoms with van der Waals surface area (Å²) in [6, 6.07) is 4.28. The predicted octanol–water partition coefficient (Wildman–Crippen LogP) is 3.28. The normalized spacial score (nSPS) is 19.1. The van der Waals surface area contributed by atoms with Gasteiger partial charge in [0.15, 0.2) is 0 Å². The predicted molar refractivity (Wildman–Crippen MR) is 55.7 cm³/mol. The Morgan fingerprint density at radius 2 is 2.14 bits per heavy atom. The molecule has 1 aromatic carbocycles. The molecule has 0 heterocycles. The summed E-state index contributed by atoms with van der Waals surface area (Å²) < 4.78 is 13.0. The fourth-order valence-corrected chi connectivity index (χ4v) is 2.07. The Kier molecular flexibility index (Phi) is 2.75. The van der Waals surface area contributed by atoms with Gasteiger partial charge in [-0.3, -0.25) is 0 Å². The monoisotopic (exact) mass is 213 g/mol. The summed E-state index contributed by atoms with van der Waals surface area (Å²) in [6.07, 6.45) is 3.49. The Morgan fingerprint density at radius 1 is 1.43 bits per heavy atom. The second-order valence-electron chi connectivity index (χ2n) is 3.88. The van der Waals surface area contributed by atoms with Crippen LogP contribution in [0.2, 0.25) is 5.02 Å². The Hall–Kier alpha value is -0.600. The van der Waals surface area contributed by atoms with Crippen LogP contribution < -0.4 is 5.73 Å². The van der Waals surface area contributed by atoms with Gasteiger partial charge >= 0.3 is 0 Å². The fourth-order valence-electron chi connectivity index (χ4n) is 1.82. The van der Waals surface area contributed by atoms with E-state index in [2.05, 4.69) is 0 Å². The first-order valence-corrected chi connectivity index (χ1v) is 5.27. The van der Waals surface area contributed by atoms with Gasteiger partial charge in [0.25, 0.3) is 0 Å². The highest BCUT2D eigenvalue weighted by molar-refractivity contribution is 6.31. The molecule has 0 amide bonds. The molecule has 0 aromatic heterocycles. The maximum Gasteiger partial charge on any atom is 0.123 e. The molecule has 0 spiro atoms. The first-order chi connectivity index (χ1) is 6.68. The van der Waals surface area contributed by atoms with Crippen LogP contribution in [-0.2, 0) is 0 Å². The molecule has 2 N–H and O–H groups in total. The van der Waals surface area contributed by atoms with Crippen LogP contribution in [0.15, 0.2) is 18.2 Å². The molecule has 1 fully saturated rings. The van der Waals surface area contributed by atoms with Crippen LogP contribution in [0.25, 0.3) is 0 Å². The average Bonchev–Trinajstić information content (AvgIpc) is 2.06. The van der Waals surface area contributed by atoms with Crippen LogP contribution in [0.1, 0.15) is 30.9 Å². The Labute approximate surface area is 88.1 Å². The first-order valence-electron chi connectivity index (χ1n) is 4.89. The van der Waals surface area contributed by atoms with Gasteiger partial charge in [-0.25, -0.2) is 4.39 Å². The van der Waals surface area contributed by atoms with Gasteiger partial charge in [-0.05, 0) is 42.5 Å². The highest BCUT2D eigenvalue weighted by atomic mass is 35.5. The Balaban J connectivity index is 2.24. The lowest BCUT2D eigenvalue weighted by atomic mass is 9.77. The molecule has 0 unspecified atom stereocenters. The molecule has 1 atom stereocenters. The lowest BCUT2D eigenvalue weighted by molar-refractivity contribution is 0.264. The standard InChI is InChI=1S/C11H13ClFN/c12-10-5-4-8(13)6-9(10)11(14)7-2-1-3-7/h4-7,11H,1-3,14H2/t11-/m1/s1. The van der Waals surface area contributed by atoms with E-state index >= 15 is 0 Å². The molecular weight excluding hydrogens is 201 g/mol. The molecular formula is C11H13ClFN. The lowest BCUT2D eigenvalue weighted by Crippen LogP contribution is -2.27. The first kappa shape index (κ1) is 9.94. The van der Waals surface area contributed by atoms with Gasteiger partial charge in [0, 0.05) is 11.1 Å². The Bertz CT molecular complexity index is 336. The minimum atomic E-state index is -0.265. The van der Waals surface area contributed by atoms with Crippen molar-refractivity contribution in [3.05, 3.63) is 34.6 Å². The van der Waals surface area contributed by atoms with Crippen LogP contribution in [0.5, 0.6) is 0 Å². The van der Waals surface area contributed by atoms with Gasteiger partial charge in [-0.1, -0.05) is 18.0 Å². The van der Waals surface area contributed by atoms with Crippen molar-refractivity contribution in [1.82, 2.24) is 0 Å². The zero-order valence-corrected chi connectivity index (χ0v) is 8.60. The molecule has 1 saturated carbocycles. The minimum Gasteiger partial charge on any atom is -0.324 e. The van der Waals surface area contributed by atoms with Gasteiger partial charge < -0.3 is 5.73 Å². The smallest absolute Gasteiger partial charge is 0.123 e. The molecule has 2 rings (SSSR count). The largest absolute Gasteiger partial charge is 0.324 e. The van der Waals surface area contributed by atoms with Crippen molar-refractivity contribution in [2.75, 3.05) is 0 Å². The van der Waals surface area contributed by atoms with Crippen LogP contribution in [-0.4, -0.2) is 0 Å². The van der Waals surface area contributed by atoms with Crippen molar-refractivity contribution in [3.8, 4) is 0 Å². The van der Waals surface area contributed by atoms with E-state index in [1.807, 2.05) is 0 Å². The maximum atomic E-state index is 13.0. The zero-order valence-electron chi connectivity index (χ0n) is 7.84. The number of hydrogen-bond acceptors (Lipinski definition) is 1. The number of halogens is 2. The summed E-state index contributed by atoms with van der Waals surface area (Å²) in [5.41, 5.74) is 6.77. The van der Waals surface area contributed by atoms with E-state index < -0.39 is 0 Å². The maximum absolute atomic E-state index is 13.0. The summed E-state index contributed by atoms with van der Waals surface area (Å²) in [5, 5.41) is 0.575. The highest BCUT2D eigenvalue weighted by Crippen LogP contribution is 2.38. The van der Waals surface area contributed by atoms with Crippen molar-refractivity contribution < 1.29 is 4.39 Å². The van der Waals surface area contributed by atoms with Crippen LogP contribution >= 0.6 is 11.6 Å². The van der Waals surface area contributed by atoms with Crippen molar-refractivity contribution in [1.29, 1.82) is 0 Å². The quantitative estimate of drug-likeness (QED) is 0.802. The number of nitrogens with two attached hydrogens (primary N) is 1. The van der Waals surface area contributed by atoms with Crippen LogP contribution in [0, 0.1) is 11.7 Å². The van der Waals surface area contributed by atoms with Crippen molar-refractivity contribution in [3.63, 3.8) is 0 Å². The second kappa shape index (κ2) is 3.87. The molecule has 76 valence electrons. The van der Waals surface area contributed by atoms with E-state index in [0.29, 0.717) is 10.9 Å². The number of rotatable bonds is 2. The molecule has 1 aliphatic carbocycles. The van der Waals surface area contributed by atoms with E-state index in [1.54, 1.807) is 6.07 Å². The summed E-state index contributed by atoms with van der Waals surface area (Å²) in [7, 11) is 0. The molecule has 1 aliphatic rings. The molecule has 1 nitrogen and oxygen atoms in total. The third-order valence-electron chi connectivity index (χ3n) is 2.97. The fraction of sp³-hybridized carbons (Fsp3) is 0.455. The number of benzene rings is 1. The van der Waals surface area contributed by atoms with Gasteiger partial charge in [-0.2, -0.15) is 0 Å². The average molecular weight is 214 g/mol. The zero-order chi connectivity index (χ0) is 10.1. The van der Waals surface area contributed by atoms with Crippen molar-refractivity contribution in [2.45, 2.75) is 25.3 Å². The molecule has 3 heteroatoms. The van der Waals surface area contributed by atoms with Gasteiger partial charge in [0.2, 0.25) is 0 Å². The summed E-state index contributed by atoms with van der Waals surface area (Å²) >= 11 is 5.97. The number of hydrogen-bond donors (Lipinski definition) is 1. The summed E-state index contributed by atoms with van der Waals surface area (Å²) in [5.74, 6) is 0.216. The highest BCUT2D eigenvalue weighted by Gasteiger charge is 2.26. The van der Waals surface area contributed by atoms with Crippen LogP contribution in [0.3, 0.4) is 0 Å². The van der Waals surface area contributed by atoms with Gasteiger partial charge in [-0.15, -0.1) is 0 Å². The van der Waals surface area contributed by atoms with E-state index in [1.165, 1.54) is 18.6 Å². The SMILES string of the molecule is N[C@@H](c1cc(F)ccc1Cl)C1CCC1. The van der Waals surface area contributed by atoms with Crippen molar-refractivity contribution in [2.24, 2.45) is 11.7 Å².